The first-order valence-electron chi connectivity index (χ1n) is 7.14. The summed E-state index contributed by atoms with van der Waals surface area (Å²) in [5.74, 6) is 0. The van der Waals surface area contributed by atoms with Crippen molar-refractivity contribution in [3.8, 4) is 0 Å². The minimum Gasteiger partial charge on any atom is -0.329 e. The van der Waals surface area contributed by atoms with Gasteiger partial charge in [-0.3, -0.25) is 4.90 Å². The van der Waals surface area contributed by atoms with Crippen LogP contribution in [0, 0.1) is 0 Å². The summed E-state index contributed by atoms with van der Waals surface area (Å²) in [7, 11) is 0. The molecule has 5 heteroatoms. The van der Waals surface area contributed by atoms with E-state index in [0.717, 1.165) is 34.2 Å². The highest BCUT2D eigenvalue weighted by atomic mass is 79.9. The van der Waals surface area contributed by atoms with E-state index in [0.29, 0.717) is 12.6 Å². The predicted molar refractivity (Wildman–Crippen MR) is 96.9 cm³/mol. The second-order valence-electron chi connectivity index (χ2n) is 5.33. The number of fused-ring (bicyclic) bond motifs is 1. The van der Waals surface area contributed by atoms with E-state index in [9.17, 15) is 0 Å². The van der Waals surface area contributed by atoms with Gasteiger partial charge >= 0.3 is 0 Å². The van der Waals surface area contributed by atoms with E-state index in [2.05, 4.69) is 67.1 Å². The summed E-state index contributed by atoms with van der Waals surface area (Å²) in [6.07, 6.45) is 2.22. The molecule has 2 heterocycles. The highest BCUT2D eigenvalue weighted by Crippen LogP contribution is 2.37. The fourth-order valence-electron chi connectivity index (χ4n) is 2.97. The number of thiophene rings is 1. The van der Waals surface area contributed by atoms with Crippen molar-refractivity contribution in [3.63, 3.8) is 0 Å². The number of halogens is 2. The van der Waals surface area contributed by atoms with Crippen LogP contribution in [0.25, 0.3) is 0 Å². The highest BCUT2D eigenvalue weighted by molar-refractivity contribution is 9.13. The standard InChI is InChI=1S/C16H18Br2N2S/c17-13-9-15(21-16(13)18)14(10-19)20-7-5-11-3-1-2-4-12(11)6-8-20/h1-4,9,14H,5-8,10,19H2. The Morgan fingerprint density at radius 1 is 1.14 bits per heavy atom. The summed E-state index contributed by atoms with van der Waals surface area (Å²) < 4.78 is 2.27. The van der Waals surface area contributed by atoms with Gasteiger partial charge in [0, 0.05) is 29.0 Å². The Morgan fingerprint density at radius 3 is 2.24 bits per heavy atom. The highest BCUT2D eigenvalue weighted by Gasteiger charge is 2.24. The number of hydrogen-bond donors (Lipinski definition) is 1. The third-order valence-corrected chi connectivity index (χ3v) is 7.47. The van der Waals surface area contributed by atoms with Crippen LogP contribution in [-0.2, 0) is 12.8 Å². The second-order valence-corrected chi connectivity index (χ2v) is 8.58. The van der Waals surface area contributed by atoms with Crippen molar-refractivity contribution in [2.75, 3.05) is 19.6 Å². The minimum atomic E-state index is 0.312. The maximum atomic E-state index is 6.09. The summed E-state index contributed by atoms with van der Waals surface area (Å²) in [5, 5.41) is 0. The van der Waals surface area contributed by atoms with Gasteiger partial charge in [0.2, 0.25) is 0 Å². The molecule has 1 atom stereocenters. The predicted octanol–water partition coefficient (Wildman–Crippen LogP) is 4.37. The zero-order chi connectivity index (χ0) is 14.8. The van der Waals surface area contributed by atoms with Crippen LogP contribution in [0.15, 0.2) is 38.6 Å². The lowest BCUT2D eigenvalue weighted by Gasteiger charge is -2.28. The molecule has 2 aromatic rings. The molecule has 0 spiro atoms. The van der Waals surface area contributed by atoms with Crippen LogP contribution in [-0.4, -0.2) is 24.5 Å². The Kier molecular flexibility index (Phi) is 5.17. The molecule has 0 saturated carbocycles. The molecule has 1 unspecified atom stereocenters. The van der Waals surface area contributed by atoms with Crippen molar-refractivity contribution in [2.24, 2.45) is 5.73 Å². The van der Waals surface area contributed by atoms with Gasteiger partial charge in [-0.1, -0.05) is 24.3 Å². The molecular weight excluding hydrogens is 412 g/mol. The lowest BCUT2D eigenvalue weighted by atomic mass is 10.0. The lowest BCUT2D eigenvalue weighted by molar-refractivity contribution is 0.214. The average molecular weight is 430 g/mol. The molecule has 2 N–H and O–H groups in total. The van der Waals surface area contributed by atoms with Crippen molar-refractivity contribution in [2.45, 2.75) is 18.9 Å². The zero-order valence-electron chi connectivity index (χ0n) is 11.7. The molecular formula is C16H18Br2N2S. The first kappa shape index (κ1) is 15.7. The fraction of sp³-hybridized carbons (Fsp3) is 0.375. The largest absolute Gasteiger partial charge is 0.329 e. The van der Waals surface area contributed by atoms with Gasteiger partial charge in [-0.15, -0.1) is 11.3 Å². The molecule has 1 aliphatic rings. The third kappa shape index (κ3) is 3.42. The topological polar surface area (TPSA) is 29.3 Å². The van der Waals surface area contributed by atoms with Crippen LogP contribution in [0.5, 0.6) is 0 Å². The number of rotatable bonds is 3. The van der Waals surface area contributed by atoms with Gasteiger partial charge in [0.15, 0.2) is 0 Å². The number of nitrogens with two attached hydrogens (primary N) is 1. The van der Waals surface area contributed by atoms with Gasteiger partial charge < -0.3 is 5.73 Å². The van der Waals surface area contributed by atoms with Crippen LogP contribution in [0.1, 0.15) is 22.0 Å². The molecule has 112 valence electrons. The number of nitrogens with zero attached hydrogens (tertiary/aromatic N) is 1. The fourth-order valence-corrected chi connectivity index (χ4v) is 5.21. The molecule has 3 rings (SSSR count). The SMILES string of the molecule is NCC(c1cc(Br)c(Br)s1)N1CCc2ccccc2CC1. The summed E-state index contributed by atoms with van der Waals surface area (Å²) in [4.78, 5) is 3.87. The normalized spacial score (nSPS) is 17.3. The van der Waals surface area contributed by atoms with Crippen LogP contribution >= 0.6 is 43.2 Å². The Bertz CT molecular complexity index is 580. The van der Waals surface area contributed by atoms with Crippen molar-refractivity contribution in [1.29, 1.82) is 0 Å². The van der Waals surface area contributed by atoms with Gasteiger partial charge in [0.05, 0.1) is 9.83 Å². The van der Waals surface area contributed by atoms with Gasteiger partial charge in [-0.2, -0.15) is 0 Å². The molecule has 1 aliphatic heterocycles. The quantitative estimate of drug-likeness (QED) is 0.784. The lowest BCUT2D eigenvalue weighted by Crippen LogP contribution is -2.35. The van der Waals surface area contributed by atoms with E-state index in [-0.39, 0.29) is 0 Å². The van der Waals surface area contributed by atoms with E-state index in [1.807, 2.05) is 0 Å². The van der Waals surface area contributed by atoms with Gasteiger partial charge in [-0.25, -0.2) is 0 Å². The van der Waals surface area contributed by atoms with Crippen LogP contribution in [0.4, 0.5) is 0 Å². The Hall–Kier alpha value is -0.200. The number of benzene rings is 1. The maximum Gasteiger partial charge on any atom is 0.0843 e. The van der Waals surface area contributed by atoms with Crippen molar-refractivity contribution >= 4 is 43.2 Å². The molecule has 0 aliphatic carbocycles. The van der Waals surface area contributed by atoms with E-state index in [1.54, 1.807) is 11.3 Å². The zero-order valence-corrected chi connectivity index (χ0v) is 15.7. The third-order valence-electron chi connectivity index (χ3n) is 4.11. The van der Waals surface area contributed by atoms with Crippen LogP contribution in [0.2, 0.25) is 0 Å². The molecule has 0 radical (unpaired) electrons. The first-order chi connectivity index (χ1) is 10.2. The summed E-state index contributed by atoms with van der Waals surface area (Å²) in [5.41, 5.74) is 9.07. The molecule has 2 nitrogen and oxygen atoms in total. The smallest absolute Gasteiger partial charge is 0.0843 e. The second kappa shape index (κ2) is 6.92. The summed E-state index contributed by atoms with van der Waals surface area (Å²) in [6.45, 7) is 2.81. The van der Waals surface area contributed by atoms with E-state index >= 15 is 0 Å². The molecule has 21 heavy (non-hydrogen) atoms. The molecule has 0 bridgehead atoms. The maximum absolute atomic E-state index is 6.09. The van der Waals surface area contributed by atoms with E-state index in [1.165, 1.54) is 16.0 Å². The van der Waals surface area contributed by atoms with E-state index in [4.69, 9.17) is 5.73 Å². The molecule has 0 fully saturated rings. The Labute approximate surface area is 146 Å². The monoisotopic (exact) mass is 428 g/mol. The van der Waals surface area contributed by atoms with Crippen LogP contribution < -0.4 is 5.73 Å². The van der Waals surface area contributed by atoms with Crippen LogP contribution in [0.3, 0.4) is 0 Å². The van der Waals surface area contributed by atoms with Crippen molar-refractivity contribution < 1.29 is 0 Å². The minimum absolute atomic E-state index is 0.312. The van der Waals surface area contributed by atoms with Gasteiger partial charge in [0.1, 0.15) is 0 Å². The first-order valence-corrected chi connectivity index (χ1v) is 9.55. The molecule has 0 amide bonds. The van der Waals surface area contributed by atoms with Crippen molar-refractivity contribution in [3.05, 3.63) is 54.6 Å². The molecule has 1 aromatic carbocycles. The van der Waals surface area contributed by atoms with Gasteiger partial charge in [-0.05, 0) is 61.9 Å². The average Bonchev–Trinajstić information content (AvgIpc) is 2.71. The van der Waals surface area contributed by atoms with Crippen molar-refractivity contribution in [1.82, 2.24) is 4.90 Å². The van der Waals surface area contributed by atoms with Gasteiger partial charge in [0.25, 0.3) is 0 Å². The summed E-state index contributed by atoms with van der Waals surface area (Å²) in [6, 6.07) is 11.3. The number of hydrogen-bond acceptors (Lipinski definition) is 3. The molecule has 1 aromatic heterocycles. The summed E-state index contributed by atoms with van der Waals surface area (Å²) >= 11 is 8.95. The van der Waals surface area contributed by atoms with E-state index < -0.39 is 0 Å². The Morgan fingerprint density at radius 2 is 1.76 bits per heavy atom. The Balaban J connectivity index is 1.80. The molecule has 0 saturated heterocycles.